The smallest absolute Gasteiger partial charge is 0.156 e. The number of aromatic nitrogens is 2. The van der Waals surface area contributed by atoms with Crippen LogP contribution in [0.3, 0.4) is 0 Å². The molecule has 1 aliphatic rings. The average molecular weight is 285 g/mol. The Morgan fingerprint density at radius 1 is 1.53 bits per heavy atom. The molecule has 4 nitrogen and oxygen atoms in total. The van der Waals surface area contributed by atoms with Crippen LogP contribution in [0.2, 0.25) is 0 Å². The monoisotopic (exact) mass is 284 g/mol. The maximum atomic E-state index is 6.08. The first-order valence-corrected chi connectivity index (χ1v) is 7.57. The van der Waals surface area contributed by atoms with Gasteiger partial charge in [-0.3, -0.25) is 0 Å². The molecule has 1 aromatic heterocycles. The number of hydrogen-bond donors (Lipinski definition) is 1. The number of nitrogens with zero attached hydrogens (tertiary/aromatic N) is 3. The highest BCUT2D eigenvalue weighted by atomic mass is 35.5. The summed E-state index contributed by atoms with van der Waals surface area (Å²) < 4.78 is 1.80. The topological polar surface area (TPSA) is 56.2 Å². The van der Waals surface area contributed by atoms with E-state index < -0.39 is 0 Å². The molecule has 19 heavy (non-hydrogen) atoms. The van der Waals surface area contributed by atoms with Gasteiger partial charge in [0.15, 0.2) is 5.82 Å². The van der Waals surface area contributed by atoms with Crippen LogP contribution in [-0.4, -0.2) is 15.0 Å². The molecule has 2 N–H and O–H groups in total. The number of hydrogen-bond acceptors (Lipinski definition) is 3. The summed E-state index contributed by atoms with van der Waals surface area (Å²) in [4.78, 5) is 4.46. The van der Waals surface area contributed by atoms with Gasteiger partial charge in [0.25, 0.3) is 0 Å². The minimum Gasteiger partial charge on any atom is -0.310 e. The van der Waals surface area contributed by atoms with E-state index in [1.807, 2.05) is 20.0 Å². The van der Waals surface area contributed by atoms with E-state index in [2.05, 4.69) is 23.9 Å². The van der Waals surface area contributed by atoms with Crippen LogP contribution in [0.15, 0.2) is 11.2 Å². The van der Waals surface area contributed by atoms with Crippen LogP contribution in [0.5, 0.6) is 0 Å². The molecule has 0 amide bonds. The standard InChI is InChI=1S/C12H19ClN4.C2H6/c1-3-4-8(2)9-7-15-17-11(14)6-5-10(13)16-12(9)17;1-2/h7-8,11H,3-6,14H2,1-2H3;1-2H3. The van der Waals surface area contributed by atoms with E-state index >= 15 is 0 Å². The molecular formula is C14H25ClN4. The molecule has 0 aromatic carbocycles. The number of halogens is 1. The normalized spacial score (nSPS) is 19.7. The molecule has 108 valence electrons. The fraction of sp³-hybridized carbons (Fsp3) is 0.714. The van der Waals surface area contributed by atoms with Gasteiger partial charge in [-0.15, -0.1) is 0 Å². The Morgan fingerprint density at radius 3 is 2.84 bits per heavy atom. The zero-order chi connectivity index (χ0) is 14.4. The molecule has 0 spiro atoms. The van der Waals surface area contributed by atoms with Crippen LogP contribution in [0.4, 0.5) is 5.82 Å². The van der Waals surface area contributed by atoms with Gasteiger partial charge in [-0.1, -0.05) is 45.7 Å². The first-order valence-electron chi connectivity index (χ1n) is 7.19. The van der Waals surface area contributed by atoms with Crippen LogP contribution in [0, 0.1) is 0 Å². The predicted molar refractivity (Wildman–Crippen MR) is 82.3 cm³/mol. The molecule has 2 atom stereocenters. The third-order valence-electron chi connectivity index (χ3n) is 3.24. The molecule has 0 bridgehead atoms. The zero-order valence-corrected chi connectivity index (χ0v) is 13.1. The van der Waals surface area contributed by atoms with Crippen molar-refractivity contribution in [1.82, 2.24) is 9.78 Å². The Labute approximate surface area is 121 Å². The number of fused-ring (bicyclic) bond motifs is 1. The highest BCUT2D eigenvalue weighted by Gasteiger charge is 2.22. The van der Waals surface area contributed by atoms with Crippen LogP contribution in [0.1, 0.15) is 71.0 Å². The van der Waals surface area contributed by atoms with Crippen molar-refractivity contribution in [3.63, 3.8) is 0 Å². The van der Waals surface area contributed by atoms with Gasteiger partial charge in [0.05, 0.1) is 6.20 Å². The lowest BCUT2D eigenvalue weighted by atomic mass is 9.99. The van der Waals surface area contributed by atoms with Crippen LogP contribution in [0.25, 0.3) is 0 Å². The Hall–Kier alpha value is -0.870. The Kier molecular flexibility index (Phi) is 6.52. The van der Waals surface area contributed by atoms with E-state index in [0.717, 1.165) is 37.1 Å². The summed E-state index contributed by atoms with van der Waals surface area (Å²) in [6.45, 7) is 8.38. The van der Waals surface area contributed by atoms with Crippen molar-refractivity contribution >= 4 is 22.6 Å². The van der Waals surface area contributed by atoms with Crippen molar-refractivity contribution in [2.75, 3.05) is 0 Å². The Balaban J connectivity index is 0.000000861. The van der Waals surface area contributed by atoms with Crippen molar-refractivity contribution in [1.29, 1.82) is 0 Å². The van der Waals surface area contributed by atoms with Crippen LogP contribution < -0.4 is 5.73 Å². The quantitative estimate of drug-likeness (QED) is 0.898. The zero-order valence-electron chi connectivity index (χ0n) is 12.4. The second-order valence-electron chi connectivity index (χ2n) is 4.65. The van der Waals surface area contributed by atoms with E-state index in [1.165, 1.54) is 0 Å². The van der Waals surface area contributed by atoms with E-state index in [9.17, 15) is 0 Å². The van der Waals surface area contributed by atoms with Crippen molar-refractivity contribution in [3.8, 4) is 0 Å². The summed E-state index contributed by atoms with van der Waals surface area (Å²) in [6.07, 6.45) is 5.56. The van der Waals surface area contributed by atoms with Gasteiger partial charge in [-0.2, -0.15) is 5.10 Å². The maximum Gasteiger partial charge on any atom is 0.156 e. The summed E-state index contributed by atoms with van der Waals surface area (Å²) in [5.41, 5.74) is 7.22. The lowest BCUT2D eigenvalue weighted by Gasteiger charge is -2.12. The van der Waals surface area contributed by atoms with Gasteiger partial charge in [0.1, 0.15) is 11.3 Å². The second-order valence-corrected chi connectivity index (χ2v) is 5.09. The summed E-state index contributed by atoms with van der Waals surface area (Å²) >= 11 is 6.08. The van der Waals surface area contributed by atoms with Crippen LogP contribution >= 0.6 is 11.6 Å². The van der Waals surface area contributed by atoms with E-state index in [4.69, 9.17) is 17.3 Å². The molecule has 0 fully saturated rings. The highest BCUT2D eigenvalue weighted by Crippen LogP contribution is 2.34. The van der Waals surface area contributed by atoms with Gasteiger partial charge in [0.2, 0.25) is 0 Å². The summed E-state index contributed by atoms with van der Waals surface area (Å²) in [5, 5.41) is 4.99. The lowest BCUT2D eigenvalue weighted by molar-refractivity contribution is 0.456. The minimum atomic E-state index is -0.118. The Morgan fingerprint density at radius 2 is 2.21 bits per heavy atom. The fourth-order valence-corrected chi connectivity index (χ4v) is 2.41. The molecule has 0 saturated carbocycles. The fourth-order valence-electron chi connectivity index (χ4n) is 2.22. The second kappa shape index (κ2) is 7.65. The lowest BCUT2D eigenvalue weighted by Crippen LogP contribution is -2.18. The molecule has 2 unspecified atom stereocenters. The Bertz CT molecular complexity index is 425. The molecule has 1 aliphatic heterocycles. The molecule has 2 rings (SSSR count). The first-order chi connectivity index (χ1) is 9.13. The molecule has 2 heterocycles. The molecular weight excluding hydrogens is 260 g/mol. The van der Waals surface area contributed by atoms with E-state index in [-0.39, 0.29) is 6.17 Å². The highest BCUT2D eigenvalue weighted by molar-refractivity contribution is 6.65. The van der Waals surface area contributed by atoms with Crippen molar-refractivity contribution in [3.05, 3.63) is 11.8 Å². The molecule has 5 heteroatoms. The average Bonchev–Trinajstić information content (AvgIpc) is 2.76. The number of rotatable bonds is 3. The van der Waals surface area contributed by atoms with Gasteiger partial charge in [-0.05, 0) is 18.8 Å². The van der Waals surface area contributed by atoms with E-state index in [0.29, 0.717) is 11.1 Å². The van der Waals surface area contributed by atoms with Gasteiger partial charge in [0, 0.05) is 12.0 Å². The molecule has 0 aliphatic carbocycles. The SMILES string of the molecule is CC.CCCC(C)c1cnn2c1N=C(Cl)CCC2N. The number of aliphatic imine (C=N–C) groups is 1. The minimum absolute atomic E-state index is 0.118. The molecule has 0 saturated heterocycles. The van der Waals surface area contributed by atoms with Crippen molar-refractivity contribution < 1.29 is 0 Å². The summed E-state index contributed by atoms with van der Waals surface area (Å²) in [6, 6.07) is 0. The first kappa shape index (κ1) is 16.2. The molecule has 0 radical (unpaired) electrons. The predicted octanol–water partition coefficient (Wildman–Crippen LogP) is 4.33. The van der Waals surface area contributed by atoms with Crippen LogP contribution in [-0.2, 0) is 0 Å². The molecule has 1 aromatic rings. The van der Waals surface area contributed by atoms with Gasteiger partial charge >= 0.3 is 0 Å². The van der Waals surface area contributed by atoms with Crippen molar-refractivity contribution in [2.24, 2.45) is 10.7 Å². The third-order valence-corrected chi connectivity index (χ3v) is 3.51. The largest absolute Gasteiger partial charge is 0.310 e. The van der Waals surface area contributed by atoms with Crippen molar-refractivity contribution in [2.45, 2.75) is 65.5 Å². The number of nitrogens with two attached hydrogens (primary N) is 1. The summed E-state index contributed by atoms with van der Waals surface area (Å²) in [7, 11) is 0. The van der Waals surface area contributed by atoms with Gasteiger partial charge in [-0.25, -0.2) is 9.67 Å². The van der Waals surface area contributed by atoms with E-state index in [1.54, 1.807) is 4.68 Å². The van der Waals surface area contributed by atoms with Gasteiger partial charge < -0.3 is 5.73 Å². The maximum absolute atomic E-state index is 6.08. The third kappa shape index (κ3) is 3.80. The summed E-state index contributed by atoms with van der Waals surface area (Å²) in [5.74, 6) is 1.29.